The number of carbonyl (C=O) groups is 1. The molecule has 0 aliphatic rings. The average molecular weight is 317 g/mol. The molecule has 0 saturated carbocycles. The molecule has 2 rings (SSSR count). The first kappa shape index (κ1) is 17.0. The predicted molar refractivity (Wildman–Crippen MR) is 86.2 cm³/mol. The molecule has 0 radical (unpaired) electrons. The summed E-state index contributed by atoms with van der Waals surface area (Å²) >= 11 is 0. The number of benzene rings is 1. The summed E-state index contributed by atoms with van der Waals surface area (Å²) in [6, 6.07) is 6.02. The molecule has 1 heterocycles. The van der Waals surface area contributed by atoms with Gasteiger partial charge >= 0.3 is 0 Å². The van der Waals surface area contributed by atoms with E-state index in [1.54, 1.807) is 11.9 Å². The van der Waals surface area contributed by atoms with Crippen LogP contribution in [0.5, 0.6) is 5.75 Å². The van der Waals surface area contributed by atoms with Crippen LogP contribution < -0.4 is 4.74 Å². The van der Waals surface area contributed by atoms with Gasteiger partial charge < -0.3 is 14.2 Å². The van der Waals surface area contributed by atoms with Gasteiger partial charge in [-0.25, -0.2) is 0 Å². The molecule has 23 heavy (non-hydrogen) atoms. The fourth-order valence-corrected chi connectivity index (χ4v) is 2.27. The summed E-state index contributed by atoms with van der Waals surface area (Å²) in [6.45, 7) is 6.70. The number of aromatic nitrogens is 2. The van der Waals surface area contributed by atoms with Crippen LogP contribution in [0.15, 0.2) is 22.7 Å². The van der Waals surface area contributed by atoms with Crippen molar-refractivity contribution in [1.29, 1.82) is 0 Å². The molecule has 0 N–H and O–H groups in total. The first-order chi connectivity index (χ1) is 11.0. The van der Waals surface area contributed by atoms with Crippen molar-refractivity contribution < 1.29 is 14.1 Å². The van der Waals surface area contributed by atoms with Gasteiger partial charge in [-0.3, -0.25) is 4.79 Å². The Hall–Kier alpha value is -2.37. The Labute approximate surface area is 136 Å². The van der Waals surface area contributed by atoms with Crippen LogP contribution >= 0.6 is 0 Å². The van der Waals surface area contributed by atoms with Gasteiger partial charge in [0.05, 0.1) is 0 Å². The van der Waals surface area contributed by atoms with Crippen LogP contribution in [0.3, 0.4) is 0 Å². The molecule has 124 valence electrons. The van der Waals surface area contributed by atoms with Crippen molar-refractivity contribution in [2.24, 2.45) is 0 Å². The Morgan fingerprint density at radius 3 is 2.61 bits per heavy atom. The highest BCUT2D eigenvalue weighted by atomic mass is 16.5. The minimum Gasteiger partial charge on any atom is -0.484 e. The molecule has 0 aliphatic heterocycles. The Bertz CT molecular complexity index is 647. The second-order valence-electron chi connectivity index (χ2n) is 5.64. The predicted octanol–water partition coefficient (Wildman–Crippen LogP) is 2.68. The molecule has 6 nitrogen and oxygen atoms in total. The molecular formula is C17H23N3O3. The number of ether oxygens (including phenoxy) is 1. The number of carbonyl (C=O) groups excluding carboxylic acids is 1. The number of hydrogen-bond donors (Lipinski definition) is 0. The highest BCUT2D eigenvalue weighted by Crippen LogP contribution is 2.17. The summed E-state index contributed by atoms with van der Waals surface area (Å²) in [4.78, 5) is 17.4. The molecule has 0 aliphatic carbocycles. The third kappa shape index (κ3) is 5.09. The Kier molecular flexibility index (Phi) is 5.73. The SMILES string of the molecule is CCC(=O)N(C)CCc1noc(COc2cc(C)cc(C)c2)n1. The number of hydrogen-bond acceptors (Lipinski definition) is 5. The molecule has 0 saturated heterocycles. The molecule has 6 heteroatoms. The second kappa shape index (κ2) is 7.76. The zero-order chi connectivity index (χ0) is 16.8. The maximum Gasteiger partial charge on any atom is 0.264 e. The molecule has 0 spiro atoms. The van der Waals surface area contributed by atoms with Crippen molar-refractivity contribution in [2.45, 2.75) is 40.2 Å². The van der Waals surface area contributed by atoms with Crippen LogP contribution in [0, 0.1) is 13.8 Å². The number of likely N-dealkylation sites (N-methyl/N-ethyl adjacent to an activating group) is 1. The molecule has 0 fully saturated rings. The molecule has 1 amide bonds. The highest BCUT2D eigenvalue weighted by Gasteiger charge is 2.10. The molecule has 0 atom stereocenters. The van der Waals surface area contributed by atoms with E-state index < -0.39 is 0 Å². The first-order valence-electron chi connectivity index (χ1n) is 7.74. The Morgan fingerprint density at radius 2 is 1.96 bits per heavy atom. The summed E-state index contributed by atoms with van der Waals surface area (Å²) in [5, 5.41) is 3.92. The molecular weight excluding hydrogens is 294 g/mol. The monoisotopic (exact) mass is 317 g/mol. The summed E-state index contributed by atoms with van der Waals surface area (Å²) in [5.41, 5.74) is 2.30. The minimum absolute atomic E-state index is 0.104. The van der Waals surface area contributed by atoms with Gasteiger partial charge in [0.25, 0.3) is 5.89 Å². The fourth-order valence-electron chi connectivity index (χ4n) is 2.27. The lowest BCUT2D eigenvalue weighted by atomic mass is 10.1. The molecule has 1 aromatic heterocycles. The molecule has 2 aromatic rings. The van der Waals surface area contributed by atoms with E-state index >= 15 is 0 Å². The van der Waals surface area contributed by atoms with Crippen molar-refractivity contribution in [3.8, 4) is 5.75 Å². The van der Waals surface area contributed by atoms with E-state index in [0.717, 1.165) is 16.9 Å². The summed E-state index contributed by atoms with van der Waals surface area (Å²) in [6.07, 6.45) is 1.06. The third-order valence-electron chi connectivity index (χ3n) is 3.47. The zero-order valence-corrected chi connectivity index (χ0v) is 14.1. The van der Waals surface area contributed by atoms with Crippen molar-refractivity contribution in [3.63, 3.8) is 0 Å². The van der Waals surface area contributed by atoms with Crippen LogP contribution in [0.1, 0.15) is 36.2 Å². The van der Waals surface area contributed by atoms with E-state index in [1.807, 2.05) is 32.9 Å². The van der Waals surface area contributed by atoms with Gasteiger partial charge in [-0.05, 0) is 37.1 Å². The lowest BCUT2D eigenvalue weighted by Crippen LogP contribution is -2.28. The van der Waals surface area contributed by atoms with Crippen LogP contribution in [-0.2, 0) is 17.8 Å². The number of nitrogens with zero attached hydrogens (tertiary/aromatic N) is 3. The van der Waals surface area contributed by atoms with E-state index in [0.29, 0.717) is 31.1 Å². The molecule has 1 aromatic carbocycles. The van der Waals surface area contributed by atoms with Crippen LogP contribution in [0.4, 0.5) is 0 Å². The van der Waals surface area contributed by atoms with E-state index in [1.165, 1.54) is 0 Å². The maximum atomic E-state index is 11.5. The van der Waals surface area contributed by atoms with E-state index in [2.05, 4.69) is 16.2 Å². The zero-order valence-electron chi connectivity index (χ0n) is 14.1. The normalized spacial score (nSPS) is 10.6. The summed E-state index contributed by atoms with van der Waals surface area (Å²) in [5.74, 6) is 1.91. The van der Waals surface area contributed by atoms with Crippen molar-refractivity contribution in [3.05, 3.63) is 41.0 Å². The van der Waals surface area contributed by atoms with Crippen LogP contribution in [-0.4, -0.2) is 34.5 Å². The standard InChI is InChI=1S/C17H23N3O3/c1-5-17(21)20(4)7-6-15-18-16(23-19-15)11-22-14-9-12(2)8-13(3)10-14/h8-10H,5-7,11H2,1-4H3. The van der Waals surface area contributed by atoms with Crippen LogP contribution in [0.2, 0.25) is 0 Å². The largest absolute Gasteiger partial charge is 0.484 e. The number of rotatable bonds is 7. The van der Waals surface area contributed by atoms with Gasteiger partial charge in [0.15, 0.2) is 12.4 Å². The Morgan fingerprint density at radius 1 is 1.26 bits per heavy atom. The highest BCUT2D eigenvalue weighted by molar-refractivity contribution is 5.75. The Balaban J connectivity index is 1.86. The van der Waals surface area contributed by atoms with Crippen LogP contribution in [0.25, 0.3) is 0 Å². The van der Waals surface area contributed by atoms with Gasteiger partial charge in [0.1, 0.15) is 5.75 Å². The lowest BCUT2D eigenvalue weighted by Gasteiger charge is -2.14. The average Bonchev–Trinajstić information content (AvgIpc) is 2.97. The fraction of sp³-hybridized carbons (Fsp3) is 0.471. The second-order valence-corrected chi connectivity index (χ2v) is 5.64. The molecule has 0 unspecified atom stereocenters. The third-order valence-corrected chi connectivity index (χ3v) is 3.47. The molecule has 0 bridgehead atoms. The minimum atomic E-state index is 0.104. The van der Waals surface area contributed by atoms with Gasteiger partial charge in [-0.1, -0.05) is 18.1 Å². The van der Waals surface area contributed by atoms with Gasteiger partial charge in [0, 0.05) is 26.4 Å². The number of amides is 1. The van der Waals surface area contributed by atoms with Gasteiger partial charge in [-0.15, -0.1) is 0 Å². The first-order valence-corrected chi connectivity index (χ1v) is 7.74. The van der Waals surface area contributed by atoms with E-state index in [4.69, 9.17) is 9.26 Å². The summed E-state index contributed by atoms with van der Waals surface area (Å²) in [7, 11) is 1.77. The van der Waals surface area contributed by atoms with E-state index in [-0.39, 0.29) is 12.5 Å². The maximum absolute atomic E-state index is 11.5. The van der Waals surface area contributed by atoms with Gasteiger partial charge in [0.2, 0.25) is 5.91 Å². The van der Waals surface area contributed by atoms with Crippen molar-refractivity contribution in [1.82, 2.24) is 15.0 Å². The lowest BCUT2D eigenvalue weighted by molar-refractivity contribution is -0.129. The number of aryl methyl sites for hydroxylation is 2. The summed E-state index contributed by atoms with van der Waals surface area (Å²) < 4.78 is 10.9. The van der Waals surface area contributed by atoms with Gasteiger partial charge in [-0.2, -0.15) is 4.98 Å². The smallest absolute Gasteiger partial charge is 0.264 e. The topological polar surface area (TPSA) is 68.5 Å². The van der Waals surface area contributed by atoms with Crippen molar-refractivity contribution >= 4 is 5.91 Å². The quantitative estimate of drug-likeness (QED) is 0.785. The van der Waals surface area contributed by atoms with E-state index in [9.17, 15) is 4.79 Å². The van der Waals surface area contributed by atoms with Crippen molar-refractivity contribution in [2.75, 3.05) is 13.6 Å².